The fourth-order valence-electron chi connectivity index (χ4n) is 9.78. The number of carbonyl (C=O) groups excluding carboxylic acids is 2. The number of piperidine rings is 1. The van der Waals surface area contributed by atoms with E-state index in [1.165, 1.54) is 12.8 Å². The van der Waals surface area contributed by atoms with Gasteiger partial charge in [-0.15, -0.1) is 0 Å². The van der Waals surface area contributed by atoms with E-state index in [-0.39, 0.29) is 35.4 Å². The van der Waals surface area contributed by atoms with E-state index in [9.17, 15) is 14.7 Å². The van der Waals surface area contributed by atoms with E-state index < -0.39 is 5.41 Å². The van der Waals surface area contributed by atoms with Gasteiger partial charge in [-0.1, -0.05) is 49.7 Å². The Labute approximate surface area is 271 Å². The fourth-order valence-corrected chi connectivity index (χ4v) is 9.78. The molecule has 1 spiro atoms. The van der Waals surface area contributed by atoms with E-state index in [4.69, 9.17) is 9.47 Å². The highest BCUT2D eigenvalue weighted by Gasteiger charge is 2.68. The summed E-state index contributed by atoms with van der Waals surface area (Å²) in [5.74, 6) is 1.88. The molecule has 4 atom stereocenters. The minimum Gasteiger partial charge on any atom is -0.508 e. The van der Waals surface area contributed by atoms with Gasteiger partial charge in [0.25, 0.3) is 0 Å². The number of unbranched alkanes of at least 4 members (excludes halogenated alkanes) is 1. The first kappa shape index (κ1) is 29.5. The quantitative estimate of drug-likeness (QED) is 0.306. The number of ether oxygens (including phenoxy) is 2. The molecule has 2 bridgehead atoms. The Morgan fingerprint density at radius 3 is 2.54 bits per heavy atom. The van der Waals surface area contributed by atoms with Crippen LogP contribution in [0.25, 0.3) is 16.7 Å². The SMILES string of the molecule is CCC/C=C1\OC(=O)C2=C(c3cc(O)ccc3-c3ccccc3)[C@@H]3CC[C@@]21[C@H]1C2=C(CC[C@@H]31)C(=CCCC1CCNCC1)OC2=O. The molecule has 2 saturated heterocycles. The van der Waals surface area contributed by atoms with Gasteiger partial charge < -0.3 is 19.9 Å². The molecule has 0 aromatic heterocycles. The second-order valence-electron chi connectivity index (χ2n) is 14.0. The van der Waals surface area contributed by atoms with E-state index in [0.29, 0.717) is 17.3 Å². The lowest BCUT2D eigenvalue weighted by Crippen LogP contribution is -2.52. The van der Waals surface area contributed by atoms with Crippen LogP contribution in [0.4, 0.5) is 0 Å². The molecule has 238 valence electrons. The van der Waals surface area contributed by atoms with E-state index in [1.54, 1.807) is 6.07 Å². The predicted molar refractivity (Wildman–Crippen MR) is 177 cm³/mol. The summed E-state index contributed by atoms with van der Waals surface area (Å²) in [6.45, 7) is 4.29. The fraction of sp³-hybridized carbons (Fsp3) is 0.450. The summed E-state index contributed by atoms with van der Waals surface area (Å²) in [5, 5.41) is 14.2. The molecule has 0 amide bonds. The van der Waals surface area contributed by atoms with Crippen LogP contribution in [-0.4, -0.2) is 30.1 Å². The molecule has 46 heavy (non-hydrogen) atoms. The van der Waals surface area contributed by atoms with Crippen LogP contribution < -0.4 is 5.32 Å². The molecule has 7 aliphatic rings. The van der Waals surface area contributed by atoms with Crippen molar-refractivity contribution in [1.82, 2.24) is 5.32 Å². The highest BCUT2D eigenvalue weighted by molar-refractivity contribution is 6.07. The summed E-state index contributed by atoms with van der Waals surface area (Å²) in [5.41, 5.74) is 5.74. The average molecular weight is 618 g/mol. The van der Waals surface area contributed by atoms with Gasteiger partial charge in [0.2, 0.25) is 0 Å². The molecule has 2 N–H and O–H groups in total. The first-order chi connectivity index (χ1) is 22.5. The van der Waals surface area contributed by atoms with E-state index in [1.807, 2.05) is 30.3 Å². The Morgan fingerprint density at radius 1 is 0.913 bits per heavy atom. The Hall–Kier alpha value is -3.90. The number of phenols is 1. The molecule has 2 aromatic rings. The van der Waals surface area contributed by atoms with Crippen molar-refractivity contribution in [1.29, 1.82) is 0 Å². The largest absolute Gasteiger partial charge is 0.508 e. The number of rotatable bonds is 7. The second kappa shape index (κ2) is 11.7. The topological polar surface area (TPSA) is 84.9 Å². The van der Waals surface area contributed by atoms with E-state index in [2.05, 4.69) is 36.5 Å². The molecule has 3 fully saturated rings. The Morgan fingerprint density at radius 2 is 1.74 bits per heavy atom. The minimum atomic E-state index is -0.717. The predicted octanol–water partition coefficient (Wildman–Crippen LogP) is 8.01. The second-order valence-corrected chi connectivity index (χ2v) is 14.0. The van der Waals surface area contributed by atoms with Gasteiger partial charge in [-0.05, 0) is 135 Å². The third-order valence-electron chi connectivity index (χ3n) is 11.7. The van der Waals surface area contributed by atoms with Crippen molar-refractivity contribution in [2.24, 2.45) is 29.1 Å². The molecule has 6 heteroatoms. The highest BCUT2D eigenvalue weighted by Crippen LogP contribution is 2.72. The zero-order valence-electron chi connectivity index (χ0n) is 26.6. The molecule has 0 unspecified atom stereocenters. The van der Waals surface area contributed by atoms with Crippen LogP contribution in [0.2, 0.25) is 0 Å². The molecule has 2 aromatic carbocycles. The molecule has 6 nitrogen and oxygen atoms in total. The Balaban J connectivity index is 1.28. The van der Waals surface area contributed by atoms with Crippen LogP contribution in [-0.2, 0) is 19.1 Å². The van der Waals surface area contributed by atoms with Crippen molar-refractivity contribution in [2.45, 2.75) is 71.1 Å². The summed E-state index contributed by atoms with van der Waals surface area (Å²) in [4.78, 5) is 28.1. The standard InChI is InChI=1S/C40H43NO5/c1-2-3-12-33-40-20-17-28(34(37(40)39(44)46-33)31-23-26(42)13-14-27(31)25-9-5-4-6-10-25)29-15-16-30-32(45-38(43)35(30)36(29)40)11-7-8-24-18-21-41-22-19-24/h4-6,9-14,23-24,28-29,36,41-42H,2-3,7-8,15-22H2,1H3/b32-11?,33-12-/t28-,29+,36-,40-/m1/s1. The zero-order chi connectivity index (χ0) is 31.4. The first-order valence-electron chi connectivity index (χ1n) is 17.4. The number of cyclic esters (lactones) is 2. The third kappa shape index (κ3) is 4.55. The number of nitrogens with one attached hydrogen (secondary N) is 1. The molecule has 9 rings (SSSR count). The van der Waals surface area contributed by atoms with Crippen LogP contribution >= 0.6 is 0 Å². The molecule has 3 aliphatic heterocycles. The lowest BCUT2D eigenvalue weighted by Gasteiger charge is -2.56. The van der Waals surface area contributed by atoms with Crippen LogP contribution in [0, 0.1) is 29.1 Å². The normalized spacial score (nSPS) is 30.5. The number of aromatic hydroxyl groups is 1. The maximum absolute atomic E-state index is 14.2. The van der Waals surface area contributed by atoms with Crippen LogP contribution in [0.15, 0.2) is 88.9 Å². The average Bonchev–Trinajstić information content (AvgIpc) is 3.57. The van der Waals surface area contributed by atoms with Gasteiger partial charge in [0.05, 0.1) is 11.0 Å². The summed E-state index contributed by atoms with van der Waals surface area (Å²) in [6, 6.07) is 15.7. The van der Waals surface area contributed by atoms with Gasteiger partial charge >= 0.3 is 11.9 Å². The number of esters is 2. The maximum Gasteiger partial charge on any atom is 0.340 e. The van der Waals surface area contributed by atoms with Gasteiger partial charge in [0, 0.05) is 17.1 Å². The van der Waals surface area contributed by atoms with Crippen molar-refractivity contribution in [2.75, 3.05) is 13.1 Å². The number of allylic oxidation sites excluding steroid dienone is 5. The van der Waals surface area contributed by atoms with Crippen LogP contribution in [0.5, 0.6) is 5.75 Å². The molecular weight excluding hydrogens is 574 g/mol. The van der Waals surface area contributed by atoms with Crippen molar-refractivity contribution >= 4 is 17.5 Å². The van der Waals surface area contributed by atoms with E-state index in [0.717, 1.165) is 104 Å². The first-order valence-corrected chi connectivity index (χ1v) is 17.4. The van der Waals surface area contributed by atoms with Crippen molar-refractivity contribution in [3.8, 4) is 16.9 Å². The van der Waals surface area contributed by atoms with Crippen molar-refractivity contribution < 1.29 is 24.2 Å². The van der Waals surface area contributed by atoms with Crippen LogP contribution in [0.3, 0.4) is 0 Å². The molecule has 0 radical (unpaired) electrons. The van der Waals surface area contributed by atoms with E-state index >= 15 is 0 Å². The molecule has 3 heterocycles. The van der Waals surface area contributed by atoms with Gasteiger partial charge in [-0.3, -0.25) is 0 Å². The van der Waals surface area contributed by atoms with Crippen molar-refractivity contribution in [3.05, 3.63) is 94.5 Å². The monoisotopic (exact) mass is 617 g/mol. The Kier molecular flexibility index (Phi) is 7.51. The summed E-state index contributed by atoms with van der Waals surface area (Å²) in [6.07, 6.45) is 13.8. The molecule has 4 aliphatic carbocycles. The van der Waals surface area contributed by atoms with Gasteiger partial charge in [0.1, 0.15) is 17.3 Å². The van der Waals surface area contributed by atoms with Gasteiger partial charge in [-0.2, -0.15) is 0 Å². The smallest absolute Gasteiger partial charge is 0.340 e. The van der Waals surface area contributed by atoms with Gasteiger partial charge in [-0.25, -0.2) is 9.59 Å². The number of benzene rings is 2. The number of hydrogen-bond donors (Lipinski definition) is 2. The number of carbonyl (C=O) groups is 2. The maximum atomic E-state index is 14.2. The number of phenolic OH excluding ortho intramolecular Hbond substituents is 1. The minimum absolute atomic E-state index is 0.0685. The summed E-state index contributed by atoms with van der Waals surface area (Å²) < 4.78 is 12.3. The number of fused-ring (bicyclic) bond motifs is 1. The molecular formula is C40H43NO5. The number of hydrogen-bond acceptors (Lipinski definition) is 6. The highest BCUT2D eigenvalue weighted by atomic mass is 16.5. The van der Waals surface area contributed by atoms with Crippen molar-refractivity contribution in [3.63, 3.8) is 0 Å². The summed E-state index contributed by atoms with van der Waals surface area (Å²) >= 11 is 0. The lowest BCUT2D eigenvalue weighted by molar-refractivity contribution is -0.135. The van der Waals surface area contributed by atoms with Gasteiger partial charge in [0.15, 0.2) is 0 Å². The molecule has 1 saturated carbocycles. The zero-order valence-corrected chi connectivity index (χ0v) is 26.6. The third-order valence-corrected chi connectivity index (χ3v) is 11.7. The Bertz CT molecular complexity index is 1710. The van der Waals surface area contributed by atoms with Crippen LogP contribution in [0.1, 0.15) is 76.7 Å². The lowest BCUT2D eigenvalue weighted by atomic mass is 9.44. The summed E-state index contributed by atoms with van der Waals surface area (Å²) in [7, 11) is 0.